The molecular weight excluding hydrogens is 176 g/mol. The minimum absolute atomic E-state index is 0.0645. The number of hydrogen-bond acceptors (Lipinski definition) is 4. The van der Waals surface area contributed by atoms with Gasteiger partial charge in [-0.25, -0.2) is 16.8 Å². The van der Waals surface area contributed by atoms with Crippen LogP contribution >= 0.6 is 0 Å². The van der Waals surface area contributed by atoms with Gasteiger partial charge in [-0.2, -0.15) is 0 Å². The number of unbranched alkanes of at least 4 members (excludes halogenated alkanes) is 1. The molecule has 0 rings (SSSR count). The third-order valence-electron chi connectivity index (χ3n) is 0.823. The zero-order valence-corrected chi connectivity index (χ0v) is 7.01. The van der Waals surface area contributed by atoms with Gasteiger partial charge in [0.2, 0.25) is 0 Å². The summed E-state index contributed by atoms with van der Waals surface area (Å²) >= 11 is 0. The number of hydrogen-bond donors (Lipinski definition) is 2. The molecule has 0 amide bonds. The minimum atomic E-state index is -2.45. The molecule has 0 heterocycles. The lowest BCUT2D eigenvalue weighted by Crippen LogP contribution is -1.88. The molecule has 1 radical (unpaired) electrons. The van der Waals surface area contributed by atoms with E-state index in [1.165, 1.54) is 0 Å². The summed E-state index contributed by atoms with van der Waals surface area (Å²) in [5.74, 6) is 1.16. The lowest BCUT2D eigenvalue weighted by molar-refractivity contribution is 0.608. The van der Waals surface area contributed by atoms with Crippen molar-refractivity contribution in [2.75, 3.05) is 5.75 Å². The van der Waals surface area contributed by atoms with Gasteiger partial charge in [-0.05, 0) is 12.8 Å². The first kappa shape index (κ1) is 9.90. The first-order valence-corrected chi connectivity index (χ1v) is 5.32. The molecule has 0 atom stereocenters. The Morgan fingerprint density at radius 2 is 1.70 bits per heavy atom. The Balaban J connectivity index is 3.21. The minimum Gasteiger partial charge on any atom is -0.232 e. The second kappa shape index (κ2) is 5.67. The fourth-order valence-corrected chi connectivity index (χ4v) is 1.25. The summed E-state index contributed by atoms with van der Waals surface area (Å²) in [7, 11) is -4.80. The van der Waals surface area contributed by atoms with E-state index in [9.17, 15) is 16.8 Å². The van der Waals surface area contributed by atoms with E-state index < -0.39 is 21.4 Å². The van der Waals surface area contributed by atoms with E-state index in [-0.39, 0.29) is 5.75 Å². The summed E-state index contributed by atoms with van der Waals surface area (Å²) in [6, 6.07) is 0. The highest BCUT2D eigenvalue weighted by atomic mass is 32.2. The summed E-state index contributed by atoms with van der Waals surface area (Å²) < 4.78 is 39.6. The molecule has 0 unspecified atom stereocenters. The Labute approximate surface area is 63.1 Å². The van der Waals surface area contributed by atoms with E-state index in [4.69, 9.17) is 0 Å². The Hall–Kier alpha value is -0.100. The number of rotatable bonds is 5. The monoisotopic (exact) mass is 185 g/mol. The van der Waals surface area contributed by atoms with Gasteiger partial charge in [0.25, 0.3) is 0 Å². The molecular formula is C4H9O4S2. The SMILES string of the molecule is O=[SH](=O)[CH]CCC[SH](=O)=O. The molecule has 4 nitrogen and oxygen atoms in total. The van der Waals surface area contributed by atoms with Crippen LogP contribution in [0, 0.1) is 5.75 Å². The van der Waals surface area contributed by atoms with E-state index in [0.717, 1.165) is 5.75 Å². The van der Waals surface area contributed by atoms with E-state index in [0.29, 0.717) is 12.8 Å². The van der Waals surface area contributed by atoms with Crippen molar-refractivity contribution < 1.29 is 16.8 Å². The maximum atomic E-state index is 9.92. The maximum absolute atomic E-state index is 9.92. The van der Waals surface area contributed by atoms with Crippen LogP contribution < -0.4 is 0 Å². The molecule has 0 aromatic heterocycles. The third kappa shape index (κ3) is 7.90. The molecule has 0 aliphatic rings. The molecule has 0 aromatic carbocycles. The second-order valence-corrected chi connectivity index (χ2v) is 3.72. The molecule has 0 N–H and O–H groups in total. The normalized spacial score (nSPS) is 11.0. The number of thiol groups is 2. The molecule has 0 fully saturated rings. The van der Waals surface area contributed by atoms with Crippen LogP contribution in [-0.2, 0) is 21.4 Å². The van der Waals surface area contributed by atoms with Gasteiger partial charge in [0.05, 0.1) is 5.75 Å². The Kier molecular flexibility index (Phi) is 5.61. The molecule has 0 saturated heterocycles. The fraction of sp³-hybridized carbons (Fsp3) is 0.750. The summed E-state index contributed by atoms with van der Waals surface area (Å²) in [5.41, 5.74) is 0. The van der Waals surface area contributed by atoms with Crippen molar-refractivity contribution in [1.29, 1.82) is 0 Å². The Morgan fingerprint density at radius 1 is 1.10 bits per heavy atom. The van der Waals surface area contributed by atoms with Gasteiger partial charge in [-0.15, -0.1) is 0 Å². The van der Waals surface area contributed by atoms with Gasteiger partial charge >= 0.3 is 0 Å². The summed E-state index contributed by atoms with van der Waals surface area (Å²) in [5, 5.41) is 0. The van der Waals surface area contributed by atoms with Gasteiger partial charge in [0.15, 0.2) is 0 Å². The van der Waals surface area contributed by atoms with Crippen LogP contribution in [0.3, 0.4) is 0 Å². The van der Waals surface area contributed by atoms with Crippen molar-refractivity contribution in [3.8, 4) is 0 Å². The lowest BCUT2D eigenvalue weighted by atomic mass is 10.4. The smallest absolute Gasteiger partial charge is 0.144 e. The zero-order valence-electron chi connectivity index (χ0n) is 5.23. The molecule has 0 spiro atoms. The standard InChI is InChI=1S/C4H9O4S2/c5-9(6)3-1-2-4-10(7)8/h3,9-10H,1-2,4H2. The van der Waals surface area contributed by atoms with Crippen LogP contribution in [0.4, 0.5) is 0 Å². The quantitative estimate of drug-likeness (QED) is 0.432. The highest BCUT2D eigenvalue weighted by molar-refractivity contribution is 7.74. The van der Waals surface area contributed by atoms with Crippen molar-refractivity contribution in [2.24, 2.45) is 0 Å². The molecule has 0 saturated carbocycles. The highest BCUT2D eigenvalue weighted by Crippen LogP contribution is 1.93. The van der Waals surface area contributed by atoms with Crippen LogP contribution in [0.25, 0.3) is 0 Å². The van der Waals surface area contributed by atoms with E-state index in [2.05, 4.69) is 0 Å². The van der Waals surface area contributed by atoms with Crippen molar-refractivity contribution in [2.45, 2.75) is 12.8 Å². The lowest BCUT2D eigenvalue weighted by Gasteiger charge is -1.86. The first-order chi connectivity index (χ1) is 4.63. The second-order valence-electron chi connectivity index (χ2n) is 1.67. The van der Waals surface area contributed by atoms with Crippen LogP contribution in [0.15, 0.2) is 0 Å². The Morgan fingerprint density at radius 3 is 2.10 bits per heavy atom. The van der Waals surface area contributed by atoms with Gasteiger partial charge in [0, 0.05) is 5.75 Å². The summed E-state index contributed by atoms with van der Waals surface area (Å²) in [4.78, 5) is 0. The first-order valence-electron chi connectivity index (χ1n) is 2.71. The van der Waals surface area contributed by atoms with Crippen LogP contribution in [0.2, 0.25) is 0 Å². The predicted molar refractivity (Wildman–Crippen MR) is 39.0 cm³/mol. The predicted octanol–water partition coefficient (Wildman–Crippen LogP) is -0.849. The molecule has 61 valence electrons. The van der Waals surface area contributed by atoms with Gasteiger partial charge in [-0.3, -0.25) is 0 Å². The molecule has 6 heteroatoms. The van der Waals surface area contributed by atoms with Gasteiger partial charge in [-0.1, -0.05) is 0 Å². The summed E-state index contributed by atoms with van der Waals surface area (Å²) in [6.45, 7) is 0. The summed E-state index contributed by atoms with van der Waals surface area (Å²) in [6.07, 6.45) is 0.712. The highest BCUT2D eigenvalue weighted by Gasteiger charge is 1.91. The average Bonchev–Trinajstić information content (AvgIpc) is 1.79. The largest absolute Gasteiger partial charge is 0.232 e. The molecule has 10 heavy (non-hydrogen) atoms. The van der Waals surface area contributed by atoms with Crippen molar-refractivity contribution in [1.82, 2.24) is 0 Å². The van der Waals surface area contributed by atoms with Crippen LogP contribution in [0.1, 0.15) is 12.8 Å². The molecule has 0 aromatic rings. The topological polar surface area (TPSA) is 68.3 Å². The maximum Gasteiger partial charge on any atom is 0.144 e. The van der Waals surface area contributed by atoms with E-state index in [1.807, 2.05) is 0 Å². The van der Waals surface area contributed by atoms with E-state index in [1.54, 1.807) is 0 Å². The Bertz CT molecular complexity index is 175. The molecule has 0 aliphatic carbocycles. The molecule has 0 bridgehead atoms. The van der Waals surface area contributed by atoms with Gasteiger partial charge in [0.1, 0.15) is 21.4 Å². The van der Waals surface area contributed by atoms with Gasteiger partial charge < -0.3 is 0 Å². The van der Waals surface area contributed by atoms with E-state index >= 15 is 0 Å². The molecule has 0 aliphatic heterocycles. The van der Waals surface area contributed by atoms with Crippen LogP contribution in [-0.4, -0.2) is 22.6 Å². The van der Waals surface area contributed by atoms with Crippen molar-refractivity contribution >= 4 is 21.4 Å². The zero-order chi connectivity index (χ0) is 7.98. The van der Waals surface area contributed by atoms with Crippen molar-refractivity contribution in [3.05, 3.63) is 5.75 Å². The van der Waals surface area contributed by atoms with Crippen LogP contribution in [0.5, 0.6) is 0 Å². The average molecular weight is 185 g/mol. The third-order valence-corrected chi connectivity index (χ3v) is 2.06. The van der Waals surface area contributed by atoms with Crippen molar-refractivity contribution in [3.63, 3.8) is 0 Å². The fourth-order valence-electron chi connectivity index (χ4n) is 0.417.